The van der Waals surface area contributed by atoms with Crippen LogP contribution in [0.25, 0.3) is 0 Å². The minimum Gasteiger partial charge on any atom is -0.493 e. The molecule has 0 amide bonds. The molecule has 1 aromatic rings. The van der Waals surface area contributed by atoms with Crippen molar-refractivity contribution < 1.29 is 28.8 Å². The van der Waals surface area contributed by atoms with E-state index >= 15 is 0 Å². The van der Waals surface area contributed by atoms with E-state index in [9.17, 15) is 14.6 Å². The molecule has 13 heteroatoms. The summed E-state index contributed by atoms with van der Waals surface area (Å²) in [6.07, 6.45) is 3.29. The van der Waals surface area contributed by atoms with Crippen molar-refractivity contribution in [3.63, 3.8) is 0 Å². The van der Waals surface area contributed by atoms with Crippen molar-refractivity contribution in [2.75, 3.05) is 41.0 Å². The van der Waals surface area contributed by atoms with Crippen molar-refractivity contribution in [2.45, 2.75) is 175 Å². The number of alkyl halides is 1. The van der Waals surface area contributed by atoms with Crippen molar-refractivity contribution in [3.05, 3.63) is 24.2 Å². The van der Waals surface area contributed by atoms with Crippen LogP contribution < -0.4 is 5.73 Å². The van der Waals surface area contributed by atoms with Crippen LogP contribution in [0.1, 0.15) is 127 Å². The number of rotatable bonds is 16. The Kier molecular flexibility index (Phi) is 22.6. The number of nitrogens with zero attached hydrogens (tertiary/aromatic N) is 5. The molecule has 1 saturated heterocycles. The quantitative estimate of drug-likeness (QED) is 0.0991. The average molecular weight is 817 g/mol. The number of aliphatic hydroxyl groups excluding tert-OH is 1. The smallest absolute Gasteiger partial charge is 0.128 e. The molecule has 0 aliphatic carbocycles. The third-order valence-electron chi connectivity index (χ3n) is 12.4. The lowest BCUT2D eigenvalue weighted by molar-refractivity contribution is -0.178. The summed E-state index contributed by atoms with van der Waals surface area (Å²) >= 11 is 4.34. The van der Waals surface area contributed by atoms with Gasteiger partial charge < -0.3 is 35.1 Å². The van der Waals surface area contributed by atoms with Crippen LogP contribution >= 0.6 is 12.6 Å². The highest BCUT2D eigenvalue weighted by atomic mass is 32.1. The molecule has 1 fully saturated rings. The van der Waals surface area contributed by atoms with Gasteiger partial charge in [0.1, 0.15) is 30.5 Å². The first kappa shape index (κ1) is 52.7. The zero-order chi connectivity index (χ0) is 43.3. The number of hydrogen-bond acceptors (Lipinski definition) is 11. The molecule has 4 N–H and O–H groups in total. The third-order valence-corrected chi connectivity index (χ3v) is 13.0. The lowest BCUT2D eigenvalue weighted by atomic mass is 9.72. The zero-order valence-electron chi connectivity index (χ0n) is 38.2. The van der Waals surface area contributed by atoms with E-state index in [0.717, 1.165) is 25.1 Å². The summed E-state index contributed by atoms with van der Waals surface area (Å²) in [5.41, 5.74) is 4.76. The predicted molar refractivity (Wildman–Crippen MR) is 231 cm³/mol. The molecule has 11 nitrogen and oxygen atoms in total. The van der Waals surface area contributed by atoms with Gasteiger partial charge >= 0.3 is 0 Å². The normalized spacial score (nSPS) is 32.8. The van der Waals surface area contributed by atoms with Crippen LogP contribution in [0.3, 0.4) is 0 Å². The fourth-order valence-electron chi connectivity index (χ4n) is 8.97. The van der Waals surface area contributed by atoms with E-state index in [4.69, 9.17) is 19.9 Å². The Morgan fingerprint density at radius 3 is 2.29 bits per heavy atom. The SMILES string of the molecule is C=C1O[C@H](CC)[C@@](C)(N)C(O)N(C)C[C@H](C)C[C@@](C)(O)[C@H](OC(C)[C@H](C)C(CC(C)C)N(C)CCc2cn(C(CF)C(S)OC)nn2)[C@@H](C)[C@H](CC)C1C.CC. The Labute approximate surface area is 347 Å². The standard InChI is InChI=1S/C41H79FN6O5S.C2H6/c1-16-33-27(6)30(9)52-36(17-2)41(12,43)39(49)47(14)23-26(5)21-40(11,50)37(29(33)8)53-31(10)28(7)34(20-25(3)4)46(13)19-18-32-24-48(45-44-32)35(22-42)38(54)51-15;1-2/h24-29,31,33-39,49-50,54H,9,16-23,43H2,1-8,10-15H3;1-2H3/t26-,27?,28+,29+,31?,33-,34?,35?,36-,37-,38?,39?,40-,41-;/m1./s1. The third kappa shape index (κ3) is 14.2. The van der Waals surface area contributed by atoms with Crippen LogP contribution in [-0.4, -0.2) is 123 Å². The molecule has 0 spiro atoms. The number of halogens is 1. The molecule has 1 aromatic heterocycles. The van der Waals surface area contributed by atoms with Gasteiger partial charge in [0.25, 0.3) is 0 Å². The molecule has 0 saturated carbocycles. The molecule has 0 bridgehead atoms. The maximum absolute atomic E-state index is 13.8. The summed E-state index contributed by atoms with van der Waals surface area (Å²) in [7, 11) is 5.51. The maximum Gasteiger partial charge on any atom is 0.128 e. The zero-order valence-corrected chi connectivity index (χ0v) is 39.1. The minimum atomic E-state index is -1.17. The van der Waals surface area contributed by atoms with Crippen LogP contribution in [0, 0.1) is 35.5 Å². The first-order chi connectivity index (χ1) is 26.1. The highest BCUT2D eigenvalue weighted by Crippen LogP contribution is 2.41. The van der Waals surface area contributed by atoms with E-state index < -0.39 is 47.7 Å². The van der Waals surface area contributed by atoms with Gasteiger partial charge in [0, 0.05) is 44.8 Å². The number of nitrogens with two attached hydrogens (primary N) is 1. The molecule has 1 aliphatic heterocycles. The number of ether oxygens (including phenoxy) is 3. The number of aromatic nitrogens is 3. The second-order valence-electron chi connectivity index (χ2n) is 17.6. The average Bonchev–Trinajstić information content (AvgIpc) is 3.61. The van der Waals surface area contributed by atoms with Gasteiger partial charge in [-0.05, 0) is 83.7 Å². The van der Waals surface area contributed by atoms with Crippen LogP contribution in [0.5, 0.6) is 0 Å². The monoisotopic (exact) mass is 817 g/mol. The first-order valence-corrected chi connectivity index (χ1v) is 21.9. The number of hydrogen-bond donors (Lipinski definition) is 4. The fraction of sp³-hybridized carbons (Fsp3) is 0.907. The predicted octanol–water partition coefficient (Wildman–Crippen LogP) is 7.38. The van der Waals surface area contributed by atoms with Crippen molar-refractivity contribution in [1.29, 1.82) is 0 Å². The van der Waals surface area contributed by atoms with Gasteiger partial charge in [-0.1, -0.05) is 87.5 Å². The van der Waals surface area contributed by atoms with Gasteiger partial charge in [-0.2, -0.15) is 0 Å². The summed E-state index contributed by atoms with van der Waals surface area (Å²) in [5.74, 6) is 1.25. The van der Waals surface area contributed by atoms with E-state index in [2.05, 4.69) is 96.9 Å². The molecular weight excluding hydrogens is 732 g/mol. The van der Waals surface area contributed by atoms with E-state index in [1.54, 1.807) is 6.20 Å². The molecule has 56 heavy (non-hydrogen) atoms. The summed E-state index contributed by atoms with van der Waals surface area (Å²) in [6, 6.07) is -0.470. The van der Waals surface area contributed by atoms with Gasteiger partial charge in [0.05, 0.1) is 34.8 Å². The van der Waals surface area contributed by atoms with E-state index in [1.807, 2.05) is 46.6 Å². The highest BCUT2D eigenvalue weighted by Gasteiger charge is 2.46. The second-order valence-corrected chi connectivity index (χ2v) is 18.1. The molecule has 0 radical (unpaired) electrons. The molecule has 6 unspecified atom stereocenters. The van der Waals surface area contributed by atoms with E-state index in [0.29, 0.717) is 37.5 Å². The van der Waals surface area contributed by atoms with Crippen molar-refractivity contribution in [3.8, 4) is 0 Å². The van der Waals surface area contributed by atoms with Gasteiger partial charge in [-0.3, -0.25) is 4.90 Å². The van der Waals surface area contributed by atoms with Gasteiger partial charge in [-0.15, -0.1) is 17.7 Å². The number of methoxy groups -OCH3 is 1. The fourth-order valence-corrected chi connectivity index (χ4v) is 9.18. The number of allylic oxidation sites excluding steroid dienone is 1. The van der Waals surface area contributed by atoms with Crippen LogP contribution in [-0.2, 0) is 20.6 Å². The van der Waals surface area contributed by atoms with Crippen molar-refractivity contribution in [1.82, 2.24) is 24.8 Å². The lowest BCUT2D eigenvalue weighted by Gasteiger charge is -2.47. The largest absolute Gasteiger partial charge is 0.493 e. The van der Waals surface area contributed by atoms with Gasteiger partial charge in [-0.25, -0.2) is 9.07 Å². The Morgan fingerprint density at radius 1 is 1.16 bits per heavy atom. The van der Waals surface area contributed by atoms with Gasteiger partial charge in [0.2, 0.25) is 0 Å². The molecule has 330 valence electrons. The number of thiol groups is 1. The molecule has 1 aliphatic rings. The lowest BCUT2D eigenvalue weighted by Crippen LogP contribution is -2.63. The Hall–Kier alpha value is -1.32. The summed E-state index contributed by atoms with van der Waals surface area (Å²) in [5, 5.41) is 32.5. The molecule has 14 atom stereocenters. The summed E-state index contributed by atoms with van der Waals surface area (Å²) in [6.45, 7) is 32.3. The van der Waals surface area contributed by atoms with E-state index in [-0.39, 0.29) is 41.7 Å². The number of likely N-dealkylation sites (N-methyl/N-ethyl adjacent to an activating group) is 2. The maximum atomic E-state index is 13.8. The minimum absolute atomic E-state index is 0.0315. The Bertz CT molecular complexity index is 1260. The first-order valence-electron chi connectivity index (χ1n) is 21.4. The van der Waals surface area contributed by atoms with E-state index in [1.165, 1.54) is 11.8 Å². The van der Waals surface area contributed by atoms with Crippen LogP contribution in [0.2, 0.25) is 0 Å². The number of aliphatic hydroxyl groups is 2. The highest BCUT2D eigenvalue weighted by molar-refractivity contribution is 7.80. The molecule has 2 rings (SSSR count). The Morgan fingerprint density at radius 2 is 1.77 bits per heavy atom. The second kappa shape index (κ2) is 24.1. The van der Waals surface area contributed by atoms with Crippen LogP contribution in [0.15, 0.2) is 18.5 Å². The van der Waals surface area contributed by atoms with Gasteiger partial charge in [0.15, 0.2) is 0 Å². The van der Waals surface area contributed by atoms with Crippen molar-refractivity contribution >= 4 is 12.6 Å². The Balaban J connectivity index is 0.00000771. The molecular formula is C43H85FN6O5S. The molecule has 0 aromatic carbocycles. The summed E-state index contributed by atoms with van der Waals surface area (Å²) < 4.78 is 34.2. The summed E-state index contributed by atoms with van der Waals surface area (Å²) in [4.78, 5) is 4.24. The van der Waals surface area contributed by atoms with Crippen molar-refractivity contribution in [2.24, 2.45) is 41.2 Å². The topological polar surface area (TPSA) is 131 Å². The molecule has 2 heterocycles. The van der Waals surface area contributed by atoms with Crippen LogP contribution in [0.4, 0.5) is 4.39 Å².